The first-order chi connectivity index (χ1) is 4.32. The van der Waals surface area contributed by atoms with Gasteiger partial charge >= 0.3 is 79.1 Å². The number of hydrogen-bond acceptors (Lipinski definition) is 2. The molecule has 0 bridgehead atoms. The van der Waals surface area contributed by atoms with E-state index in [2.05, 4.69) is 45.3 Å². The summed E-state index contributed by atoms with van der Waals surface area (Å²) in [5.41, 5.74) is 0.435. The Kier molecular flexibility index (Phi) is 3.92. The van der Waals surface area contributed by atoms with Crippen LogP contribution >= 0.6 is 40.1 Å². The van der Waals surface area contributed by atoms with Gasteiger partial charge in [0.2, 0.25) is 0 Å². The normalized spacial score (nSPS) is 19.6. The van der Waals surface area contributed by atoms with E-state index in [9.17, 15) is 0 Å². The van der Waals surface area contributed by atoms with E-state index >= 15 is 0 Å². The summed E-state index contributed by atoms with van der Waals surface area (Å²) in [6.07, 6.45) is 1.94. The average Bonchev–Trinajstić information content (AvgIpc) is 1.86. The van der Waals surface area contributed by atoms with Crippen molar-refractivity contribution in [1.82, 2.24) is 0 Å². The predicted molar refractivity (Wildman–Crippen MR) is 61.0 cm³/mol. The van der Waals surface area contributed by atoms with E-state index in [1.807, 2.05) is 0 Å². The van der Waals surface area contributed by atoms with Crippen LogP contribution in [0.4, 0.5) is 0 Å². The molecule has 0 fully saturated rings. The Balaban J connectivity index is 4.35. The fraction of sp³-hybridized carbons (Fsp3) is 1.00. The van der Waals surface area contributed by atoms with Crippen LogP contribution in [0.15, 0.2) is 0 Å². The van der Waals surface area contributed by atoms with E-state index in [1.165, 1.54) is 0 Å². The summed E-state index contributed by atoms with van der Waals surface area (Å²) in [6.45, 7) is 6.29. The Hall–Kier alpha value is 1.42. The van der Waals surface area contributed by atoms with Crippen molar-refractivity contribution in [3.8, 4) is 0 Å². The first-order valence-electron chi connectivity index (χ1n) is 3.54. The van der Waals surface area contributed by atoms with E-state index < -0.39 is 4.36 Å². The van der Waals surface area contributed by atoms with Gasteiger partial charge in [-0.1, -0.05) is 0 Å². The first kappa shape index (κ1) is 11.4. The fourth-order valence-electron chi connectivity index (χ4n) is 0.673. The quantitative estimate of drug-likeness (QED) is 0.515. The molecule has 0 heterocycles. The number of hydrogen-bond donors (Lipinski definition) is 2. The Bertz CT molecular complexity index is 119. The maximum atomic E-state index is 6.29. The maximum absolute atomic E-state index is 6.29. The molecule has 0 aromatic carbocycles. The van der Waals surface area contributed by atoms with Crippen molar-refractivity contribution < 1.29 is 0 Å². The molecular formula is C6H16ClPS2. The van der Waals surface area contributed by atoms with Gasteiger partial charge in [-0.3, -0.25) is 0 Å². The SMILES string of the molecule is CCC(C)P(S)(S)(Cl)CC. The molecular weight excluding hydrogens is 203 g/mol. The molecule has 0 amide bonds. The molecule has 0 saturated carbocycles. The van der Waals surface area contributed by atoms with E-state index in [4.69, 9.17) is 11.2 Å². The molecule has 0 aliphatic heterocycles. The molecule has 0 aliphatic carbocycles. The molecule has 0 nitrogen and oxygen atoms in total. The second-order valence-electron chi connectivity index (χ2n) is 2.73. The van der Waals surface area contributed by atoms with Crippen LogP contribution in [0.25, 0.3) is 0 Å². The summed E-state index contributed by atoms with van der Waals surface area (Å²) in [6, 6.07) is 0. The summed E-state index contributed by atoms with van der Waals surface area (Å²) >= 11 is 15.2. The third-order valence-corrected chi connectivity index (χ3v) is 11.1. The van der Waals surface area contributed by atoms with Gasteiger partial charge in [-0.25, -0.2) is 0 Å². The number of halogens is 1. The van der Waals surface area contributed by atoms with Gasteiger partial charge in [-0.05, 0) is 0 Å². The van der Waals surface area contributed by atoms with Gasteiger partial charge in [0.05, 0.1) is 0 Å². The van der Waals surface area contributed by atoms with Crippen LogP contribution in [0.3, 0.4) is 0 Å². The summed E-state index contributed by atoms with van der Waals surface area (Å²) in [5.74, 6) is 0. The van der Waals surface area contributed by atoms with Gasteiger partial charge in [-0.2, -0.15) is 0 Å². The van der Waals surface area contributed by atoms with Crippen LogP contribution in [0.1, 0.15) is 27.2 Å². The van der Waals surface area contributed by atoms with Crippen LogP contribution in [-0.4, -0.2) is 11.8 Å². The van der Waals surface area contributed by atoms with Crippen LogP contribution in [0, 0.1) is 0 Å². The molecule has 0 radical (unpaired) electrons. The molecule has 0 rings (SSSR count). The molecule has 10 heavy (non-hydrogen) atoms. The molecule has 0 saturated heterocycles. The minimum absolute atomic E-state index is 0.435. The fourth-order valence-corrected chi connectivity index (χ4v) is 3.41. The van der Waals surface area contributed by atoms with Crippen molar-refractivity contribution in [2.45, 2.75) is 32.9 Å². The summed E-state index contributed by atoms with van der Waals surface area (Å²) in [4.78, 5) is 0. The second kappa shape index (κ2) is 3.43. The van der Waals surface area contributed by atoms with Crippen molar-refractivity contribution in [3.63, 3.8) is 0 Å². The Morgan fingerprint density at radius 2 is 1.80 bits per heavy atom. The molecule has 1 unspecified atom stereocenters. The second-order valence-corrected chi connectivity index (χ2v) is 16.7. The van der Waals surface area contributed by atoms with E-state index in [-0.39, 0.29) is 0 Å². The van der Waals surface area contributed by atoms with Gasteiger partial charge in [-0.15, -0.1) is 0 Å². The van der Waals surface area contributed by atoms with E-state index in [0.29, 0.717) is 5.66 Å². The van der Waals surface area contributed by atoms with Gasteiger partial charge in [0.1, 0.15) is 0 Å². The Labute approximate surface area is 79.1 Å². The van der Waals surface area contributed by atoms with Crippen LogP contribution < -0.4 is 0 Å². The van der Waals surface area contributed by atoms with E-state index in [0.717, 1.165) is 12.6 Å². The topological polar surface area (TPSA) is 0 Å². The minimum atomic E-state index is -2.38. The molecule has 0 spiro atoms. The molecule has 0 N–H and O–H groups in total. The zero-order valence-electron chi connectivity index (χ0n) is 6.71. The van der Waals surface area contributed by atoms with Crippen molar-refractivity contribution >= 4 is 40.1 Å². The van der Waals surface area contributed by atoms with Gasteiger partial charge in [0.25, 0.3) is 0 Å². The standard InChI is InChI=1S/C6H16ClPS2/c1-4-6(3)8(7,9,10)5-2/h6,9-10H,4-5H2,1-3H3. The molecule has 4 heteroatoms. The molecule has 64 valence electrons. The molecule has 0 aromatic rings. The average molecular weight is 219 g/mol. The van der Waals surface area contributed by atoms with E-state index in [1.54, 1.807) is 0 Å². The summed E-state index contributed by atoms with van der Waals surface area (Å²) in [5, 5.41) is 0. The summed E-state index contributed by atoms with van der Waals surface area (Å²) < 4.78 is -2.38. The first-order valence-corrected chi connectivity index (χ1v) is 9.24. The van der Waals surface area contributed by atoms with Crippen LogP contribution in [0.2, 0.25) is 0 Å². The summed E-state index contributed by atoms with van der Waals surface area (Å²) in [7, 11) is 0. The van der Waals surface area contributed by atoms with Crippen LogP contribution in [-0.2, 0) is 0 Å². The molecule has 1 atom stereocenters. The van der Waals surface area contributed by atoms with Crippen molar-refractivity contribution in [1.29, 1.82) is 0 Å². The Morgan fingerprint density at radius 3 is 1.90 bits per heavy atom. The van der Waals surface area contributed by atoms with Gasteiger partial charge in [0, 0.05) is 0 Å². The van der Waals surface area contributed by atoms with Crippen LogP contribution in [0.5, 0.6) is 0 Å². The van der Waals surface area contributed by atoms with Gasteiger partial charge < -0.3 is 0 Å². The molecule has 0 aromatic heterocycles. The van der Waals surface area contributed by atoms with Crippen molar-refractivity contribution in [3.05, 3.63) is 0 Å². The van der Waals surface area contributed by atoms with Crippen molar-refractivity contribution in [2.24, 2.45) is 0 Å². The zero-order valence-corrected chi connectivity index (χ0v) is 10.2. The van der Waals surface area contributed by atoms with Crippen molar-refractivity contribution in [2.75, 3.05) is 6.16 Å². The Morgan fingerprint density at radius 1 is 1.40 bits per heavy atom. The molecule has 0 aliphatic rings. The number of rotatable bonds is 3. The third-order valence-electron chi connectivity index (χ3n) is 2.05. The zero-order chi connectivity index (χ0) is 8.44. The predicted octanol–water partition coefficient (Wildman–Crippen LogP) is 4.20. The van der Waals surface area contributed by atoms with Gasteiger partial charge in [0.15, 0.2) is 0 Å². The third kappa shape index (κ3) is 2.81. The number of thiol groups is 2. The monoisotopic (exact) mass is 218 g/mol.